The Morgan fingerprint density at radius 3 is 2.60 bits per heavy atom. The van der Waals surface area contributed by atoms with Crippen LogP contribution in [0.15, 0.2) is 42.5 Å². The molecular formula is C13H13NO. The molecule has 0 spiro atoms. The zero-order valence-electron chi connectivity index (χ0n) is 8.68. The maximum Gasteiger partial charge on any atom is 0.139 e. The first-order valence-corrected chi connectivity index (χ1v) is 4.95. The number of benzene rings is 2. The predicted molar refractivity (Wildman–Crippen MR) is 63.3 cm³/mol. The Bertz CT molecular complexity index is 479. The van der Waals surface area contributed by atoms with Gasteiger partial charge in [0.15, 0.2) is 0 Å². The molecule has 0 aliphatic rings. The predicted octanol–water partition coefficient (Wildman–Crippen LogP) is 2.47. The molecule has 0 radical (unpaired) electrons. The van der Waals surface area contributed by atoms with Crippen LogP contribution in [0.3, 0.4) is 0 Å². The fourth-order valence-electron chi connectivity index (χ4n) is 1.63. The maximum absolute atomic E-state index is 10.4. The zero-order valence-corrected chi connectivity index (χ0v) is 8.68. The third kappa shape index (κ3) is 1.99. The van der Waals surface area contributed by atoms with Crippen molar-refractivity contribution in [3.05, 3.63) is 42.5 Å². The van der Waals surface area contributed by atoms with Crippen LogP contribution in [0.25, 0.3) is 10.8 Å². The van der Waals surface area contributed by atoms with Crippen molar-refractivity contribution in [1.82, 2.24) is 0 Å². The minimum atomic E-state index is 0.429. The van der Waals surface area contributed by atoms with Crippen molar-refractivity contribution < 1.29 is 4.79 Å². The van der Waals surface area contributed by atoms with Crippen molar-refractivity contribution in [2.45, 2.75) is 0 Å². The van der Waals surface area contributed by atoms with E-state index < -0.39 is 0 Å². The summed E-state index contributed by atoms with van der Waals surface area (Å²) in [5.41, 5.74) is 1.07. The lowest BCUT2D eigenvalue weighted by Crippen LogP contribution is -2.18. The molecule has 0 saturated carbocycles. The van der Waals surface area contributed by atoms with E-state index in [1.54, 1.807) is 0 Å². The van der Waals surface area contributed by atoms with Crippen LogP contribution in [0.4, 0.5) is 5.69 Å². The molecule has 2 aromatic rings. The largest absolute Gasteiger partial charge is 0.368 e. The molecule has 2 nitrogen and oxygen atoms in total. The van der Waals surface area contributed by atoms with E-state index in [9.17, 15) is 4.79 Å². The van der Waals surface area contributed by atoms with Crippen LogP contribution in [-0.2, 0) is 4.79 Å². The molecule has 0 heterocycles. The number of nitrogens with zero attached hydrogens (tertiary/aromatic N) is 1. The molecule has 2 rings (SSSR count). The van der Waals surface area contributed by atoms with Crippen LogP contribution in [-0.4, -0.2) is 19.9 Å². The summed E-state index contributed by atoms with van der Waals surface area (Å²) in [6.45, 7) is 0.429. The standard InChI is InChI=1S/C13H13NO/c1-14(8-9-15)13-7-6-11-4-2-3-5-12(11)10-13/h2-7,9-10H,8H2,1H3. The molecule has 2 heteroatoms. The van der Waals surface area contributed by atoms with Gasteiger partial charge in [0.2, 0.25) is 0 Å². The molecule has 0 fully saturated rings. The van der Waals surface area contributed by atoms with Crippen LogP contribution < -0.4 is 4.90 Å². The number of fused-ring (bicyclic) bond motifs is 1. The van der Waals surface area contributed by atoms with E-state index in [-0.39, 0.29) is 0 Å². The highest BCUT2D eigenvalue weighted by Crippen LogP contribution is 2.20. The lowest BCUT2D eigenvalue weighted by Gasteiger charge is -2.16. The van der Waals surface area contributed by atoms with Crippen molar-refractivity contribution in [2.75, 3.05) is 18.5 Å². The van der Waals surface area contributed by atoms with E-state index in [2.05, 4.69) is 24.3 Å². The molecule has 15 heavy (non-hydrogen) atoms. The quantitative estimate of drug-likeness (QED) is 0.708. The van der Waals surface area contributed by atoms with Gasteiger partial charge in [-0.3, -0.25) is 0 Å². The summed E-state index contributed by atoms with van der Waals surface area (Å²) in [6.07, 6.45) is 0.912. The first-order chi connectivity index (χ1) is 7.31. The second-order valence-corrected chi connectivity index (χ2v) is 3.58. The molecule has 76 valence electrons. The van der Waals surface area contributed by atoms with Crippen molar-refractivity contribution in [2.24, 2.45) is 0 Å². The average Bonchev–Trinajstić information content (AvgIpc) is 2.29. The van der Waals surface area contributed by atoms with Gasteiger partial charge in [0.05, 0.1) is 6.54 Å². The molecular weight excluding hydrogens is 186 g/mol. The van der Waals surface area contributed by atoms with Crippen molar-refractivity contribution in [3.8, 4) is 0 Å². The molecule has 0 saturated heterocycles. The van der Waals surface area contributed by atoms with Gasteiger partial charge in [0.25, 0.3) is 0 Å². The van der Waals surface area contributed by atoms with Gasteiger partial charge < -0.3 is 9.69 Å². The lowest BCUT2D eigenvalue weighted by atomic mass is 10.1. The van der Waals surface area contributed by atoms with Crippen molar-refractivity contribution in [3.63, 3.8) is 0 Å². The highest BCUT2D eigenvalue weighted by Gasteiger charge is 2.00. The number of anilines is 1. The average molecular weight is 199 g/mol. The van der Waals surface area contributed by atoms with Gasteiger partial charge in [-0.15, -0.1) is 0 Å². The Kier molecular flexibility index (Phi) is 2.68. The number of aldehydes is 1. The molecule has 0 aliphatic carbocycles. The second-order valence-electron chi connectivity index (χ2n) is 3.58. The van der Waals surface area contributed by atoms with E-state index >= 15 is 0 Å². The Morgan fingerprint density at radius 1 is 1.13 bits per heavy atom. The van der Waals surface area contributed by atoms with Gasteiger partial charge in [0.1, 0.15) is 6.29 Å². The van der Waals surface area contributed by atoms with Gasteiger partial charge in [-0.2, -0.15) is 0 Å². The molecule has 0 amide bonds. The lowest BCUT2D eigenvalue weighted by molar-refractivity contribution is -0.106. The first kappa shape index (κ1) is 9.71. The van der Waals surface area contributed by atoms with E-state index in [1.165, 1.54) is 10.8 Å². The first-order valence-electron chi connectivity index (χ1n) is 4.95. The molecule has 2 aromatic carbocycles. The number of rotatable bonds is 3. The number of likely N-dealkylation sites (N-methyl/N-ethyl adjacent to an activating group) is 1. The highest BCUT2D eigenvalue weighted by molar-refractivity contribution is 5.86. The molecule has 0 aliphatic heterocycles. The summed E-state index contributed by atoms with van der Waals surface area (Å²) in [4.78, 5) is 12.3. The van der Waals surface area contributed by atoms with Gasteiger partial charge >= 0.3 is 0 Å². The van der Waals surface area contributed by atoms with E-state index in [1.807, 2.05) is 30.1 Å². The van der Waals surface area contributed by atoms with Gasteiger partial charge in [0, 0.05) is 12.7 Å². The van der Waals surface area contributed by atoms with E-state index in [4.69, 9.17) is 0 Å². The third-order valence-corrected chi connectivity index (χ3v) is 2.52. The summed E-state index contributed by atoms with van der Waals surface area (Å²) in [5, 5.41) is 2.42. The summed E-state index contributed by atoms with van der Waals surface area (Å²) < 4.78 is 0. The maximum atomic E-state index is 10.4. The SMILES string of the molecule is CN(CC=O)c1ccc2ccccc2c1. The zero-order chi connectivity index (χ0) is 10.7. The van der Waals surface area contributed by atoms with Crippen molar-refractivity contribution >= 4 is 22.7 Å². The van der Waals surface area contributed by atoms with Gasteiger partial charge in [-0.1, -0.05) is 30.3 Å². The number of carbonyl (C=O) groups excluding carboxylic acids is 1. The summed E-state index contributed by atoms with van der Waals surface area (Å²) in [7, 11) is 1.92. The molecule has 0 bridgehead atoms. The molecule has 0 unspecified atom stereocenters. The minimum Gasteiger partial charge on any atom is -0.368 e. The normalized spacial score (nSPS) is 10.2. The van der Waals surface area contributed by atoms with E-state index in [0.29, 0.717) is 6.54 Å². The smallest absolute Gasteiger partial charge is 0.139 e. The second kappa shape index (κ2) is 4.13. The topological polar surface area (TPSA) is 20.3 Å². The Hall–Kier alpha value is -1.83. The van der Waals surface area contributed by atoms with Crippen LogP contribution in [0.1, 0.15) is 0 Å². The van der Waals surface area contributed by atoms with Crippen LogP contribution in [0, 0.1) is 0 Å². The number of hydrogen-bond acceptors (Lipinski definition) is 2. The third-order valence-electron chi connectivity index (χ3n) is 2.52. The summed E-state index contributed by atoms with van der Waals surface area (Å²) in [5.74, 6) is 0. The fourth-order valence-corrected chi connectivity index (χ4v) is 1.63. The molecule has 0 N–H and O–H groups in total. The van der Waals surface area contributed by atoms with Gasteiger partial charge in [-0.05, 0) is 22.9 Å². The monoisotopic (exact) mass is 199 g/mol. The number of hydrogen-bond donors (Lipinski definition) is 0. The van der Waals surface area contributed by atoms with Crippen LogP contribution >= 0.6 is 0 Å². The number of carbonyl (C=O) groups is 1. The molecule has 0 aromatic heterocycles. The highest BCUT2D eigenvalue weighted by atomic mass is 16.1. The fraction of sp³-hybridized carbons (Fsp3) is 0.154. The van der Waals surface area contributed by atoms with Crippen molar-refractivity contribution in [1.29, 1.82) is 0 Å². The Morgan fingerprint density at radius 2 is 1.87 bits per heavy atom. The van der Waals surface area contributed by atoms with Crippen LogP contribution in [0.2, 0.25) is 0 Å². The minimum absolute atomic E-state index is 0.429. The Labute approximate surface area is 89.1 Å². The summed E-state index contributed by atoms with van der Waals surface area (Å²) in [6, 6.07) is 14.4. The van der Waals surface area contributed by atoms with E-state index in [0.717, 1.165) is 12.0 Å². The van der Waals surface area contributed by atoms with Crippen LogP contribution in [0.5, 0.6) is 0 Å². The molecule has 0 atom stereocenters. The van der Waals surface area contributed by atoms with Gasteiger partial charge in [-0.25, -0.2) is 0 Å². The Balaban J connectivity index is 2.42. The summed E-state index contributed by atoms with van der Waals surface area (Å²) >= 11 is 0.